The number of hydrogen-bond donors (Lipinski definition) is 0. The summed E-state index contributed by atoms with van der Waals surface area (Å²) in [5, 5.41) is 0. The zero-order valence-corrected chi connectivity index (χ0v) is 18.8. The molecule has 0 saturated carbocycles. The zero-order valence-electron chi connectivity index (χ0n) is 18.8. The van der Waals surface area contributed by atoms with Crippen molar-refractivity contribution in [3.63, 3.8) is 0 Å². The fraction of sp³-hybridized carbons (Fsp3) is 0.385. The molecule has 2 aliphatic rings. The van der Waals surface area contributed by atoms with Crippen molar-refractivity contribution >= 4 is 5.78 Å². The van der Waals surface area contributed by atoms with Gasteiger partial charge in [0.2, 0.25) is 0 Å². The average molecular weight is 428 g/mol. The Morgan fingerprint density at radius 1 is 0.938 bits per heavy atom. The second kappa shape index (κ2) is 7.87. The minimum absolute atomic E-state index is 0.129. The van der Waals surface area contributed by atoms with Crippen LogP contribution in [0.1, 0.15) is 37.0 Å². The van der Waals surface area contributed by atoms with Gasteiger partial charge < -0.3 is 0 Å². The molecule has 0 amide bonds. The molecular formula is C26H29N5O. The van der Waals surface area contributed by atoms with Gasteiger partial charge in [-0.3, -0.25) is 29.5 Å². The Balaban J connectivity index is 1.64. The number of piperidine rings is 2. The van der Waals surface area contributed by atoms with Crippen LogP contribution in [0.15, 0.2) is 73.2 Å². The summed E-state index contributed by atoms with van der Waals surface area (Å²) in [6, 6.07) is 17.8. The fourth-order valence-corrected chi connectivity index (χ4v) is 5.85. The van der Waals surface area contributed by atoms with Crippen LogP contribution in [0.5, 0.6) is 0 Å². The van der Waals surface area contributed by atoms with Gasteiger partial charge in [-0.25, -0.2) is 0 Å². The molecule has 4 unspecified atom stereocenters. The number of ketones is 1. The Morgan fingerprint density at radius 2 is 1.62 bits per heavy atom. The normalized spacial score (nSPS) is 30.9. The number of rotatable bonds is 4. The maximum absolute atomic E-state index is 14.1. The van der Waals surface area contributed by atoms with Gasteiger partial charge in [0, 0.05) is 38.2 Å². The van der Waals surface area contributed by atoms with E-state index in [0.29, 0.717) is 18.9 Å². The first-order valence-electron chi connectivity index (χ1n) is 11.2. The molecule has 5 rings (SSSR count). The Morgan fingerprint density at radius 3 is 2.25 bits per heavy atom. The SMILES string of the molecule is CN1C(c2ccccn2)C2CN(Cc3ccccn3)CC(C)(C2=O)C1(C)c1ccccn1. The van der Waals surface area contributed by atoms with Gasteiger partial charge in [0.05, 0.1) is 40.0 Å². The highest BCUT2D eigenvalue weighted by Gasteiger charge is 2.65. The quantitative estimate of drug-likeness (QED) is 0.635. The monoisotopic (exact) mass is 427 g/mol. The van der Waals surface area contributed by atoms with Crippen molar-refractivity contribution in [2.75, 3.05) is 20.1 Å². The summed E-state index contributed by atoms with van der Waals surface area (Å²) in [6.07, 6.45) is 5.46. The Labute approximate surface area is 189 Å². The van der Waals surface area contributed by atoms with E-state index >= 15 is 0 Å². The Hall–Kier alpha value is -2.96. The summed E-state index contributed by atoms with van der Waals surface area (Å²) in [5.74, 6) is 0.130. The highest BCUT2D eigenvalue weighted by Crippen LogP contribution is 2.57. The van der Waals surface area contributed by atoms with E-state index in [2.05, 4.69) is 46.7 Å². The zero-order chi connectivity index (χ0) is 22.3. The van der Waals surface area contributed by atoms with Gasteiger partial charge in [-0.2, -0.15) is 0 Å². The molecule has 0 aromatic carbocycles. The number of carbonyl (C=O) groups is 1. The van der Waals surface area contributed by atoms with Crippen LogP contribution in [0, 0.1) is 11.3 Å². The first-order valence-corrected chi connectivity index (χ1v) is 11.2. The van der Waals surface area contributed by atoms with Crippen LogP contribution in [-0.4, -0.2) is 50.7 Å². The highest BCUT2D eigenvalue weighted by molar-refractivity contribution is 5.91. The number of aromatic nitrogens is 3. The second-order valence-corrected chi connectivity index (χ2v) is 9.39. The van der Waals surface area contributed by atoms with E-state index in [1.807, 2.05) is 67.1 Å². The molecule has 0 N–H and O–H groups in total. The van der Waals surface area contributed by atoms with Crippen molar-refractivity contribution in [2.45, 2.75) is 32.0 Å². The summed E-state index contributed by atoms with van der Waals surface area (Å²) in [5.41, 5.74) is 1.65. The van der Waals surface area contributed by atoms with Crippen LogP contribution in [0.4, 0.5) is 0 Å². The van der Waals surface area contributed by atoms with Crippen LogP contribution in [0.3, 0.4) is 0 Å². The molecular weight excluding hydrogens is 398 g/mol. The van der Waals surface area contributed by atoms with E-state index in [0.717, 1.165) is 23.6 Å². The third-order valence-corrected chi connectivity index (χ3v) is 7.72. The first-order chi connectivity index (χ1) is 15.4. The van der Waals surface area contributed by atoms with Gasteiger partial charge in [0.15, 0.2) is 0 Å². The number of nitrogens with zero attached hydrogens (tertiary/aromatic N) is 5. The molecule has 3 aromatic rings. The minimum Gasteiger partial charge on any atom is -0.299 e. The maximum Gasteiger partial charge on any atom is 0.148 e. The second-order valence-electron chi connectivity index (χ2n) is 9.39. The van der Waals surface area contributed by atoms with Gasteiger partial charge in [-0.15, -0.1) is 0 Å². The number of fused-ring (bicyclic) bond motifs is 2. The molecule has 0 spiro atoms. The molecule has 0 radical (unpaired) electrons. The average Bonchev–Trinajstić information content (AvgIpc) is 2.82. The Bertz CT molecular complexity index is 1090. The van der Waals surface area contributed by atoms with E-state index in [-0.39, 0.29) is 12.0 Å². The lowest BCUT2D eigenvalue weighted by atomic mass is 9.56. The molecule has 0 aliphatic carbocycles. The number of pyridine rings is 3. The maximum atomic E-state index is 14.1. The molecule has 5 heterocycles. The molecule has 2 fully saturated rings. The third-order valence-electron chi connectivity index (χ3n) is 7.72. The number of carbonyl (C=O) groups excluding carboxylic acids is 1. The molecule has 2 bridgehead atoms. The molecule has 3 aromatic heterocycles. The largest absolute Gasteiger partial charge is 0.299 e. The van der Waals surface area contributed by atoms with E-state index < -0.39 is 11.0 Å². The lowest BCUT2D eigenvalue weighted by Crippen LogP contribution is -2.72. The molecule has 2 saturated heterocycles. The first kappa shape index (κ1) is 20.9. The van der Waals surface area contributed by atoms with E-state index in [9.17, 15) is 4.79 Å². The van der Waals surface area contributed by atoms with Crippen LogP contribution < -0.4 is 0 Å². The number of likely N-dealkylation sites (tertiary alicyclic amines) is 2. The third kappa shape index (κ3) is 3.09. The van der Waals surface area contributed by atoms with E-state index in [1.165, 1.54) is 0 Å². The molecule has 32 heavy (non-hydrogen) atoms. The number of Topliss-reactive ketones (excluding diaryl/α,β-unsaturated/α-hetero) is 1. The smallest absolute Gasteiger partial charge is 0.148 e. The standard InChI is InChI=1S/C26H29N5O/c1-25-18-31(16-19-10-4-7-13-27-19)17-20(24(25)32)23(21-11-5-8-14-28-21)30(3)26(25,2)22-12-6-9-15-29-22/h4-15,20,23H,16-18H2,1-3H3. The molecule has 164 valence electrons. The van der Waals surface area contributed by atoms with Crippen LogP contribution in [0.2, 0.25) is 0 Å². The van der Waals surface area contributed by atoms with Crippen molar-refractivity contribution in [1.82, 2.24) is 24.8 Å². The van der Waals surface area contributed by atoms with Crippen LogP contribution >= 0.6 is 0 Å². The predicted molar refractivity (Wildman–Crippen MR) is 122 cm³/mol. The fourth-order valence-electron chi connectivity index (χ4n) is 5.85. The summed E-state index contributed by atoms with van der Waals surface area (Å²) in [4.78, 5) is 32.8. The Kier molecular flexibility index (Phi) is 5.14. The van der Waals surface area contributed by atoms with Gasteiger partial charge in [0.25, 0.3) is 0 Å². The summed E-state index contributed by atoms with van der Waals surface area (Å²) in [7, 11) is 2.13. The molecule has 4 atom stereocenters. The van der Waals surface area contributed by atoms with E-state index in [1.54, 1.807) is 0 Å². The highest BCUT2D eigenvalue weighted by atomic mass is 16.1. The minimum atomic E-state index is -0.626. The van der Waals surface area contributed by atoms with Crippen molar-refractivity contribution in [2.24, 2.45) is 11.3 Å². The van der Waals surface area contributed by atoms with Crippen LogP contribution in [-0.2, 0) is 16.9 Å². The van der Waals surface area contributed by atoms with Gasteiger partial charge in [0.1, 0.15) is 5.78 Å². The van der Waals surface area contributed by atoms with Gasteiger partial charge in [-0.05, 0) is 57.3 Å². The van der Waals surface area contributed by atoms with Crippen LogP contribution in [0.25, 0.3) is 0 Å². The lowest BCUT2D eigenvalue weighted by Gasteiger charge is -2.62. The number of hydrogen-bond acceptors (Lipinski definition) is 6. The van der Waals surface area contributed by atoms with Gasteiger partial charge >= 0.3 is 0 Å². The molecule has 2 aliphatic heterocycles. The summed E-state index contributed by atoms with van der Waals surface area (Å²) in [6.45, 7) is 6.35. The van der Waals surface area contributed by atoms with E-state index in [4.69, 9.17) is 4.98 Å². The summed E-state index contributed by atoms with van der Waals surface area (Å²) < 4.78 is 0. The van der Waals surface area contributed by atoms with Gasteiger partial charge in [-0.1, -0.05) is 18.2 Å². The predicted octanol–water partition coefficient (Wildman–Crippen LogP) is 3.48. The van der Waals surface area contributed by atoms with Crippen molar-refractivity contribution < 1.29 is 4.79 Å². The lowest BCUT2D eigenvalue weighted by molar-refractivity contribution is -0.179. The summed E-state index contributed by atoms with van der Waals surface area (Å²) >= 11 is 0. The molecule has 6 nitrogen and oxygen atoms in total. The molecule has 6 heteroatoms. The topological polar surface area (TPSA) is 62.2 Å². The van der Waals surface area contributed by atoms with Crippen molar-refractivity contribution in [1.29, 1.82) is 0 Å². The van der Waals surface area contributed by atoms with Crippen molar-refractivity contribution in [3.05, 3.63) is 90.3 Å². The van der Waals surface area contributed by atoms with Crippen molar-refractivity contribution in [3.8, 4) is 0 Å².